The quantitative estimate of drug-likeness (QED) is 0.154. The van der Waals surface area contributed by atoms with Crippen LogP contribution in [-0.4, -0.2) is 0 Å². The molecule has 13 rings (SSSR count). The maximum Gasteiger partial charge on any atom is 0.0713 e. The molecule has 0 unspecified atom stereocenters. The van der Waals surface area contributed by atoms with E-state index in [4.69, 9.17) is 0 Å². The van der Waals surface area contributed by atoms with E-state index in [1.54, 1.807) is 0 Å². The molecule has 11 aromatic rings. The lowest BCUT2D eigenvalue weighted by Gasteiger charge is -2.34. The van der Waals surface area contributed by atoms with E-state index >= 15 is 0 Å². The van der Waals surface area contributed by atoms with Gasteiger partial charge >= 0.3 is 0 Å². The van der Waals surface area contributed by atoms with Crippen LogP contribution in [0.25, 0.3) is 64.7 Å². The highest BCUT2D eigenvalue weighted by atomic mass is 32.1. The van der Waals surface area contributed by atoms with Gasteiger partial charge in [-0.1, -0.05) is 208 Å². The number of fused-ring (bicyclic) bond motifs is 9. The van der Waals surface area contributed by atoms with Crippen LogP contribution < -0.4 is 4.90 Å². The molecule has 0 amide bonds. The summed E-state index contributed by atoms with van der Waals surface area (Å²) in [6, 6.07) is 88.2. The van der Waals surface area contributed by atoms with Gasteiger partial charge in [0, 0.05) is 42.6 Å². The monoisotopic (exact) mass is 859 g/mol. The molecule has 0 atom stereocenters. The average molecular weight is 860 g/mol. The van der Waals surface area contributed by atoms with Gasteiger partial charge < -0.3 is 4.90 Å². The van der Waals surface area contributed by atoms with Crippen LogP contribution in [-0.2, 0) is 10.8 Å². The zero-order valence-corrected chi connectivity index (χ0v) is 37.7. The molecule has 1 nitrogen and oxygen atoms in total. The van der Waals surface area contributed by atoms with Crippen molar-refractivity contribution in [2.45, 2.75) is 24.7 Å². The van der Waals surface area contributed by atoms with Crippen LogP contribution in [0.2, 0.25) is 0 Å². The second-order valence-corrected chi connectivity index (χ2v) is 19.4. The second-order valence-electron chi connectivity index (χ2n) is 18.4. The van der Waals surface area contributed by atoms with Gasteiger partial charge in [0.15, 0.2) is 0 Å². The standard InChI is InChI=1S/C64H45NS/c1-63(2)56-30-12-9-24-51(56)52-39-38-48(41-59(52)63)65(46-36-34-42(35-37-46)50-28-16-29-54-53-25-11-14-33-60(53)66-62(50)54)47-23-15-18-43(40-47)49-27-17-32-58-61(49)55-26-10-13-31-57(55)64(58,44-19-5-3-6-20-44)45-21-7-4-8-22-45/h3-41H,1-2H3. The van der Waals surface area contributed by atoms with Gasteiger partial charge in [-0.25, -0.2) is 0 Å². The van der Waals surface area contributed by atoms with Gasteiger partial charge in [0.1, 0.15) is 0 Å². The van der Waals surface area contributed by atoms with E-state index in [2.05, 4.69) is 255 Å². The van der Waals surface area contributed by atoms with Crippen molar-refractivity contribution in [1.82, 2.24) is 0 Å². The minimum Gasteiger partial charge on any atom is -0.310 e. The highest BCUT2D eigenvalue weighted by Crippen LogP contribution is 2.59. The zero-order chi connectivity index (χ0) is 44.0. The molecule has 0 radical (unpaired) electrons. The molecule has 312 valence electrons. The zero-order valence-electron chi connectivity index (χ0n) is 36.9. The summed E-state index contributed by atoms with van der Waals surface area (Å²) in [5.74, 6) is 0. The van der Waals surface area contributed by atoms with E-state index in [1.807, 2.05) is 11.3 Å². The molecular formula is C64H45NS. The summed E-state index contributed by atoms with van der Waals surface area (Å²) in [7, 11) is 0. The van der Waals surface area contributed by atoms with Crippen molar-refractivity contribution in [3.63, 3.8) is 0 Å². The molecule has 2 aliphatic carbocycles. The minimum absolute atomic E-state index is 0.135. The van der Waals surface area contributed by atoms with Gasteiger partial charge in [0.25, 0.3) is 0 Å². The Morgan fingerprint density at radius 3 is 1.70 bits per heavy atom. The van der Waals surface area contributed by atoms with E-state index in [0.717, 1.165) is 17.1 Å². The second kappa shape index (κ2) is 14.9. The number of hydrogen-bond acceptors (Lipinski definition) is 2. The molecule has 1 heterocycles. The normalized spacial score (nSPS) is 13.8. The third kappa shape index (κ3) is 5.65. The Balaban J connectivity index is 0.989. The largest absolute Gasteiger partial charge is 0.310 e. The van der Waals surface area contributed by atoms with Crippen molar-refractivity contribution in [1.29, 1.82) is 0 Å². The molecule has 0 bridgehead atoms. The number of thiophene rings is 1. The highest BCUT2D eigenvalue weighted by molar-refractivity contribution is 7.26. The third-order valence-corrected chi connectivity index (χ3v) is 15.8. The maximum atomic E-state index is 2.46. The summed E-state index contributed by atoms with van der Waals surface area (Å²) in [4.78, 5) is 2.46. The Kier molecular flexibility index (Phi) is 8.72. The molecule has 66 heavy (non-hydrogen) atoms. The summed E-state index contributed by atoms with van der Waals surface area (Å²) in [6.45, 7) is 4.74. The van der Waals surface area contributed by atoms with Gasteiger partial charge in [-0.15, -0.1) is 11.3 Å². The topological polar surface area (TPSA) is 3.24 Å². The highest BCUT2D eigenvalue weighted by Gasteiger charge is 2.46. The van der Waals surface area contributed by atoms with E-state index in [-0.39, 0.29) is 5.41 Å². The summed E-state index contributed by atoms with van der Waals surface area (Å²) < 4.78 is 2.65. The summed E-state index contributed by atoms with van der Waals surface area (Å²) in [6.07, 6.45) is 0. The molecule has 1 aromatic heterocycles. The molecule has 0 saturated heterocycles. The summed E-state index contributed by atoms with van der Waals surface area (Å²) in [5.41, 5.74) is 20.8. The minimum atomic E-state index is -0.467. The fourth-order valence-corrected chi connectivity index (χ4v) is 12.8. The summed E-state index contributed by atoms with van der Waals surface area (Å²) in [5, 5.41) is 2.64. The van der Waals surface area contributed by atoms with Gasteiger partial charge in [-0.3, -0.25) is 0 Å². The van der Waals surface area contributed by atoms with Crippen LogP contribution in [0.1, 0.15) is 47.2 Å². The van der Waals surface area contributed by atoms with Crippen molar-refractivity contribution in [2.24, 2.45) is 0 Å². The molecule has 0 fully saturated rings. The van der Waals surface area contributed by atoms with E-state index < -0.39 is 5.41 Å². The van der Waals surface area contributed by atoms with E-state index in [9.17, 15) is 0 Å². The van der Waals surface area contributed by atoms with Gasteiger partial charge in [-0.05, 0) is 120 Å². The van der Waals surface area contributed by atoms with Crippen LogP contribution in [0, 0.1) is 0 Å². The van der Waals surface area contributed by atoms with Crippen LogP contribution in [0.3, 0.4) is 0 Å². The Morgan fingerprint density at radius 1 is 0.348 bits per heavy atom. The smallest absolute Gasteiger partial charge is 0.0713 e. The molecule has 0 spiro atoms. The van der Waals surface area contributed by atoms with Gasteiger partial charge in [-0.2, -0.15) is 0 Å². The lowest BCUT2D eigenvalue weighted by molar-refractivity contribution is 0.660. The SMILES string of the molecule is CC1(C)c2ccccc2-c2ccc(N(c3ccc(-c4cccc5c4sc4ccccc45)cc3)c3cccc(-c4cccc5c4-c4ccccc4C5(c4ccccc4)c4ccccc4)c3)cc21. The molecular weight excluding hydrogens is 815 g/mol. The van der Waals surface area contributed by atoms with Gasteiger partial charge in [0.2, 0.25) is 0 Å². The molecule has 10 aromatic carbocycles. The number of benzene rings is 10. The van der Waals surface area contributed by atoms with Crippen molar-refractivity contribution < 1.29 is 0 Å². The number of rotatable bonds is 7. The predicted octanol–water partition coefficient (Wildman–Crippen LogP) is 17.5. The Bertz CT molecular complexity index is 3630. The fraction of sp³-hybridized carbons (Fsp3) is 0.0625. The van der Waals surface area contributed by atoms with Crippen LogP contribution >= 0.6 is 11.3 Å². The molecule has 2 heteroatoms. The van der Waals surface area contributed by atoms with Crippen molar-refractivity contribution in [2.75, 3.05) is 4.90 Å². The lowest BCUT2D eigenvalue weighted by atomic mass is 9.67. The molecule has 0 aliphatic heterocycles. The maximum absolute atomic E-state index is 2.46. The van der Waals surface area contributed by atoms with Crippen LogP contribution in [0.15, 0.2) is 237 Å². The molecule has 0 saturated carbocycles. The average Bonchev–Trinajstić information content (AvgIpc) is 3.99. The number of anilines is 3. The van der Waals surface area contributed by atoms with E-state index in [1.165, 1.54) is 98.1 Å². The Labute approximate surface area is 390 Å². The van der Waals surface area contributed by atoms with Crippen molar-refractivity contribution >= 4 is 48.6 Å². The first-order chi connectivity index (χ1) is 32.5. The van der Waals surface area contributed by atoms with Crippen LogP contribution in [0.4, 0.5) is 17.1 Å². The first kappa shape index (κ1) is 38.7. The fourth-order valence-electron chi connectivity index (χ4n) is 11.6. The van der Waals surface area contributed by atoms with Crippen molar-refractivity contribution in [3.05, 3.63) is 270 Å². The Morgan fingerprint density at radius 2 is 0.909 bits per heavy atom. The molecule has 2 aliphatic rings. The lowest BCUT2D eigenvalue weighted by Crippen LogP contribution is -2.28. The predicted molar refractivity (Wildman–Crippen MR) is 280 cm³/mol. The summed E-state index contributed by atoms with van der Waals surface area (Å²) >= 11 is 1.88. The number of hydrogen-bond donors (Lipinski definition) is 0. The van der Waals surface area contributed by atoms with Crippen LogP contribution in [0.5, 0.6) is 0 Å². The first-order valence-corrected chi connectivity index (χ1v) is 23.8. The van der Waals surface area contributed by atoms with E-state index in [0.29, 0.717) is 0 Å². The third-order valence-electron chi connectivity index (χ3n) is 14.6. The van der Waals surface area contributed by atoms with Gasteiger partial charge in [0.05, 0.1) is 5.41 Å². The number of nitrogens with zero attached hydrogens (tertiary/aromatic N) is 1. The van der Waals surface area contributed by atoms with Crippen molar-refractivity contribution in [3.8, 4) is 44.5 Å². The first-order valence-electron chi connectivity index (χ1n) is 23.0. The molecule has 0 N–H and O–H groups in total. The Hall–Kier alpha value is -7.78.